The topological polar surface area (TPSA) is 154 Å². The van der Waals surface area contributed by atoms with Crippen molar-refractivity contribution in [1.29, 1.82) is 0 Å². The van der Waals surface area contributed by atoms with E-state index < -0.39 is 0 Å². The Morgan fingerprint density at radius 1 is 0.436 bits per heavy atom. The van der Waals surface area contributed by atoms with Gasteiger partial charge in [0.05, 0.1) is 52.8 Å². The lowest BCUT2D eigenvalue weighted by Crippen LogP contribution is -2.48. The first kappa shape index (κ1) is 54.2. The predicted octanol–water partition coefficient (Wildman–Crippen LogP) is 11.8. The van der Waals surface area contributed by atoms with Gasteiger partial charge < -0.3 is 26.6 Å². The van der Waals surface area contributed by atoms with Crippen molar-refractivity contribution in [3.63, 3.8) is 0 Å². The molecule has 0 saturated carbocycles. The minimum absolute atomic E-state index is 0.0988. The summed E-state index contributed by atoms with van der Waals surface area (Å²) in [7, 11) is 0. The van der Waals surface area contributed by atoms with Crippen LogP contribution in [-0.2, 0) is 10.8 Å². The molecule has 3 fully saturated rings. The minimum Gasteiger partial charge on any atom is -0.367 e. The first-order valence-electron chi connectivity index (χ1n) is 28.3. The molecule has 3 saturated heterocycles. The maximum absolute atomic E-state index is 4.86. The van der Waals surface area contributed by atoms with Gasteiger partial charge in [-0.2, -0.15) is 0 Å². The van der Waals surface area contributed by atoms with Crippen molar-refractivity contribution >= 4 is 34.4 Å². The van der Waals surface area contributed by atoms with Gasteiger partial charge in [0, 0.05) is 55.3 Å². The van der Waals surface area contributed by atoms with Crippen LogP contribution in [0.2, 0.25) is 0 Å². The van der Waals surface area contributed by atoms with E-state index in [1.165, 1.54) is 11.1 Å². The number of nitrogens with zero attached hydrogens (tertiary/aromatic N) is 10. The standard InChI is InChI=1S/3C21H27N5/c1-21(2,3)25-13-10-16(11-14-25)23-19-8-6-7-17(24-19)18-15-22-20-9-4-5-12-26(18)20;1-21(2,3)15-9-12-26-18(14-23-20(26)13-15)17-5-4-6-19(25-17)24-16-7-10-22-11-8-16;1-21(2,3)15-7-8-20-23-13-18(26(20)14-15)17-5-4-6-19(25-17)24-16-9-11-22-12-10-16/h4-9,12,15-16H,10-11,13-14H2,1-3H3,(H,23,24);4-6,9,12-14,16,22H,7-8,10-11H2,1-3H3,(H,24,25);4-8,13-14,16,22H,9-12H2,1-3H3,(H,24,25). The van der Waals surface area contributed by atoms with Crippen molar-refractivity contribution < 1.29 is 0 Å². The molecule has 9 aromatic rings. The summed E-state index contributed by atoms with van der Waals surface area (Å²) < 4.78 is 6.34. The lowest BCUT2D eigenvalue weighted by molar-refractivity contribution is 0.106. The Hall–Kier alpha value is -7.20. The van der Waals surface area contributed by atoms with Crippen LogP contribution in [0.25, 0.3) is 51.1 Å². The number of rotatable bonds is 9. The Morgan fingerprint density at radius 3 is 1.37 bits per heavy atom. The van der Waals surface area contributed by atoms with Gasteiger partial charge in [-0.3, -0.25) is 18.1 Å². The van der Waals surface area contributed by atoms with Crippen LogP contribution in [0.4, 0.5) is 17.5 Å². The van der Waals surface area contributed by atoms with Crippen LogP contribution in [0.3, 0.4) is 0 Å². The molecule has 0 bridgehead atoms. The number of nitrogens with one attached hydrogen (secondary N) is 5. The van der Waals surface area contributed by atoms with Gasteiger partial charge in [-0.1, -0.05) is 71.9 Å². The number of pyridine rings is 6. The normalized spacial score (nSPS) is 16.4. The molecule has 0 radical (unpaired) electrons. The first-order chi connectivity index (χ1) is 37.5. The third kappa shape index (κ3) is 13.2. The van der Waals surface area contributed by atoms with Gasteiger partial charge in [0.2, 0.25) is 0 Å². The van der Waals surface area contributed by atoms with E-state index in [-0.39, 0.29) is 16.4 Å². The van der Waals surface area contributed by atoms with E-state index in [4.69, 9.17) is 15.0 Å². The number of piperidine rings is 3. The van der Waals surface area contributed by atoms with E-state index in [0.717, 1.165) is 146 Å². The summed E-state index contributed by atoms with van der Waals surface area (Å²) in [5, 5.41) is 17.6. The number of aromatic nitrogens is 9. The lowest BCUT2D eigenvalue weighted by Gasteiger charge is -2.41. The van der Waals surface area contributed by atoms with E-state index in [0.29, 0.717) is 18.1 Å². The second-order valence-electron chi connectivity index (χ2n) is 24.3. The molecule has 15 heteroatoms. The summed E-state index contributed by atoms with van der Waals surface area (Å²) >= 11 is 0. The SMILES string of the molecule is CC(C)(C)N1CCC(Nc2cccc(-c3cnc4ccccn34)n2)CC1.CC(C)(C)c1ccc2ncc(-c3cccc(NC4CCNCC4)n3)n2c1.CC(C)(C)c1ccn2c(-c3cccc(NC4CCNCC4)n3)cnc2c1. The van der Waals surface area contributed by atoms with Gasteiger partial charge in [-0.15, -0.1) is 0 Å². The summed E-state index contributed by atoms with van der Waals surface area (Å²) in [6, 6.07) is 34.6. The maximum atomic E-state index is 4.86. The highest BCUT2D eigenvalue weighted by Crippen LogP contribution is 2.30. The highest BCUT2D eigenvalue weighted by Gasteiger charge is 2.27. The van der Waals surface area contributed by atoms with Crippen molar-refractivity contribution in [3.05, 3.63) is 145 Å². The molecule has 0 aromatic carbocycles. The fraction of sp³-hybridized carbons (Fsp3) is 0.429. The average Bonchev–Trinajstić information content (AvgIpc) is 4.30. The van der Waals surface area contributed by atoms with Crippen LogP contribution in [-0.4, -0.2) is 111 Å². The third-order valence-electron chi connectivity index (χ3n) is 15.4. The molecule has 9 aromatic heterocycles. The van der Waals surface area contributed by atoms with Crippen molar-refractivity contribution in [2.45, 2.75) is 135 Å². The number of hydrogen-bond acceptors (Lipinski definition) is 12. The summed E-state index contributed by atoms with van der Waals surface area (Å²) in [5.41, 5.74) is 11.8. The molecule has 0 spiro atoms. The molecule has 5 N–H and O–H groups in total. The van der Waals surface area contributed by atoms with Crippen LogP contribution < -0.4 is 26.6 Å². The Kier molecular flexibility index (Phi) is 16.3. The monoisotopic (exact) mass is 1050 g/mol. The van der Waals surface area contributed by atoms with E-state index in [2.05, 4.69) is 201 Å². The molecule has 78 heavy (non-hydrogen) atoms. The molecule has 12 rings (SSSR count). The molecule has 0 amide bonds. The van der Waals surface area contributed by atoms with Crippen LogP contribution in [0.1, 0.15) is 112 Å². The summed E-state index contributed by atoms with van der Waals surface area (Å²) in [5.74, 6) is 2.83. The van der Waals surface area contributed by atoms with Crippen LogP contribution in [0.5, 0.6) is 0 Å². The van der Waals surface area contributed by atoms with E-state index >= 15 is 0 Å². The zero-order valence-electron chi connectivity index (χ0n) is 47.4. The largest absolute Gasteiger partial charge is 0.367 e. The van der Waals surface area contributed by atoms with E-state index in [1.807, 2.05) is 55.1 Å². The molecule has 0 aliphatic carbocycles. The van der Waals surface area contributed by atoms with Crippen molar-refractivity contribution in [2.75, 3.05) is 55.2 Å². The maximum Gasteiger partial charge on any atom is 0.137 e. The van der Waals surface area contributed by atoms with E-state index in [9.17, 15) is 0 Å². The minimum atomic E-state index is 0.0988. The Morgan fingerprint density at radius 2 is 0.885 bits per heavy atom. The quantitative estimate of drug-likeness (QED) is 0.0935. The van der Waals surface area contributed by atoms with Crippen LogP contribution in [0, 0.1) is 0 Å². The van der Waals surface area contributed by atoms with Crippen LogP contribution in [0.15, 0.2) is 134 Å². The molecule has 12 heterocycles. The van der Waals surface area contributed by atoms with Gasteiger partial charge in [0.1, 0.15) is 34.4 Å². The van der Waals surface area contributed by atoms with E-state index in [1.54, 1.807) is 0 Å². The molecule has 0 unspecified atom stereocenters. The van der Waals surface area contributed by atoms with Crippen molar-refractivity contribution in [3.8, 4) is 34.2 Å². The number of likely N-dealkylation sites (tertiary alicyclic amines) is 1. The third-order valence-corrected chi connectivity index (χ3v) is 15.4. The second kappa shape index (κ2) is 23.4. The number of imidazole rings is 3. The average molecular weight is 1050 g/mol. The highest BCUT2D eigenvalue weighted by molar-refractivity contribution is 5.65. The van der Waals surface area contributed by atoms with Crippen molar-refractivity contribution in [2.24, 2.45) is 0 Å². The molecular weight excluding hydrogens is 967 g/mol. The summed E-state index contributed by atoms with van der Waals surface area (Å²) in [4.78, 5) is 30.7. The van der Waals surface area contributed by atoms with Crippen LogP contribution >= 0.6 is 0 Å². The zero-order chi connectivity index (χ0) is 54.4. The van der Waals surface area contributed by atoms with Gasteiger partial charge in [0.15, 0.2) is 0 Å². The smallest absolute Gasteiger partial charge is 0.137 e. The van der Waals surface area contributed by atoms with Gasteiger partial charge in [0.25, 0.3) is 0 Å². The Labute approximate surface area is 461 Å². The van der Waals surface area contributed by atoms with Gasteiger partial charge >= 0.3 is 0 Å². The fourth-order valence-corrected chi connectivity index (χ4v) is 10.6. The molecule has 15 nitrogen and oxygen atoms in total. The zero-order valence-corrected chi connectivity index (χ0v) is 47.4. The molecular formula is C63H81N15. The molecule has 408 valence electrons. The van der Waals surface area contributed by atoms with Crippen molar-refractivity contribution in [1.82, 2.24) is 58.6 Å². The molecule has 0 atom stereocenters. The van der Waals surface area contributed by atoms with Gasteiger partial charge in [-0.05, 0) is 174 Å². The Bertz CT molecular complexity index is 3400. The second-order valence-corrected chi connectivity index (χ2v) is 24.3. The summed E-state index contributed by atoms with van der Waals surface area (Å²) in [6.07, 6.45) is 18.9. The van der Waals surface area contributed by atoms with Gasteiger partial charge in [-0.25, -0.2) is 29.9 Å². The number of fused-ring (bicyclic) bond motifs is 3. The summed E-state index contributed by atoms with van der Waals surface area (Å²) in [6.45, 7) is 26.8. The first-order valence-corrected chi connectivity index (χ1v) is 28.3. The molecule has 3 aliphatic heterocycles. The number of hydrogen-bond donors (Lipinski definition) is 5. The lowest BCUT2D eigenvalue weighted by atomic mass is 9.88. The number of anilines is 3. The fourth-order valence-electron chi connectivity index (χ4n) is 10.6. The molecule has 3 aliphatic rings. The highest BCUT2D eigenvalue weighted by atomic mass is 15.2. The Balaban J connectivity index is 0.000000132. The predicted molar refractivity (Wildman–Crippen MR) is 320 cm³/mol.